The van der Waals surface area contributed by atoms with E-state index in [1.807, 2.05) is 38.1 Å². The number of amides is 1. The highest BCUT2D eigenvalue weighted by Gasteiger charge is 2.17. The third-order valence-corrected chi connectivity index (χ3v) is 5.32. The molecule has 0 unspecified atom stereocenters. The zero-order valence-corrected chi connectivity index (χ0v) is 18.1. The van der Waals surface area contributed by atoms with Crippen molar-refractivity contribution in [3.63, 3.8) is 0 Å². The van der Waals surface area contributed by atoms with Crippen molar-refractivity contribution < 1.29 is 27.9 Å². The van der Waals surface area contributed by atoms with E-state index < -0.39 is 0 Å². The van der Waals surface area contributed by atoms with Crippen LogP contribution in [0.3, 0.4) is 0 Å². The number of nitrogens with zero attached hydrogens (tertiary/aromatic N) is 1. The number of aromatic nitrogens is 1. The van der Waals surface area contributed by atoms with Crippen molar-refractivity contribution in [3.8, 4) is 11.5 Å². The van der Waals surface area contributed by atoms with E-state index in [1.165, 1.54) is 12.1 Å². The number of hydrogen-bond acceptors (Lipinski definition) is 6. The Balaban J connectivity index is 1.25. The van der Waals surface area contributed by atoms with Crippen molar-refractivity contribution in [1.29, 1.82) is 0 Å². The second-order valence-electron chi connectivity index (χ2n) is 7.68. The predicted molar refractivity (Wildman–Crippen MR) is 114 cm³/mol. The summed E-state index contributed by atoms with van der Waals surface area (Å²) in [5, 5.41) is 6.79. The van der Waals surface area contributed by atoms with Gasteiger partial charge in [-0.15, -0.1) is 0 Å². The Morgan fingerprint density at radius 2 is 2.03 bits per heavy atom. The number of nitrogens with one attached hydrogen (secondary N) is 1. The molecule has 1 aliphatic heterocycles. The second-order valence-corrected chi connectivity index (χ2v) is 7.68. The average Bonchev–Trinajstić information content (AvgIpc) is 3.10. The van der Waals surface area contributed by atoms with Gasteiger partial charge in [0.2, 0.25) is 5.91 Å². The van der Waals surface area contributed by atoms with Crippen molar-refractivity contribution in [1.82, 2.24) is 10.5 Å². The molecule has 0 aliphatic carbocycles. The van der Waals surface area contributed by atoms with Crippen LogP contribution in [0.4, 0.5) is 4.39 Å². The first-order valence-electron chi connectivity index (χ1n) is 10.4. The lowest BCUT2D eigenvalue weighted by Crippen LogP contribution is -2.27. The lowest BCUT2D eigenvalue weighted by molar-refractivity contribution is -0.120. The van der Waals surface area contributed by atoms with E-state index in [0.29, 0.717) is 43.2 Å². The summed E-state index contributed by atoms with van der Waals surface area (Å²) in [6.45, 7) is 4.96. The lowest BCUT2D eigenvalue weighted by Gasteiger charge is -2.21. The molecule has 3 aromatic rings. The minimum absolute atomic E-state index is 0.107. The van der Waals surface area contributed by atoms with Crippen molar-refractivity contribution in [2.75, 3.05) is 13.3 Å². The summed E-state index contributed by atoms with van der Waals surface area (Å²) in [5.74, 6) is 1.65. The summed E-state index contributed by atoms with van der Waals surface area (Å²) in [7, 11) is 0. The van der Waals surface area contributed by atoms with Crippen LogP contribution in [-0.4, -0.2) is 24.4 Å². The summed E-state index contributed by atoms with van der Waals surface area (Å²) in [4.78, 5) is 12.3. The molecule has 1 aromatic heterocycles. The van der Waals surface area contributed by atoms with Crippen LogP contribution in [0, 0.1) is 19.7 Å². The minimum atomic E-state index is -0.337. The predicted octanol–water partition coefficient (Wildman–Crippen LogP) is 3.78. The van der Waals surface area contributed by atoms with Gasteiger partial charge in [-0.3, -0.25) is 4.79 Å². The number of fused-ring (bicyclic) bond motifs is 1. The van der Waals surface area contributed by atoms with Crippen molar-refractivity contribution in [3.05, 3.63) is 75.9 Å². The van der Waals surface area contributed by atoms with Gasteiger partial charge in [0.15, 0.2) is 6.79 Å². The molecule has 0 radical (unpaired) electrons. The van der Waals surface area contributed by atoms with E-state index in [9.17, 15) is 9.18 Å². The second kappa shape index (κ2) is 9.82. The van der Waals surface area contributed by atoms with Crippen molar-refractivity contribution in [2.45, 2.75) is 39.9 Å². The molecule has 2 heterocycles. The van der Waals surface area contributed by atoms with Crippen LogP contribution in [0.1, 0.15) is 33.7 Å². The van der Waals surface area contributed by atoms with E-state index >= 15 is 0 Å². The highest BCUT2D eigenvalue weighted by atomic mass is 19.1. The monoisotopic (exact) mass is 440 g/mol. The number of carbonyl (C=O) groups excluding carboxylic acids is 1. The van der Waals surface area contributed by atoms with E-state index in [-0.39, 0.29) is 24.9 Å². The van der Waals surface area contributed by atoms with Crippen molar-refractivity contribution in [2.24, 2.45) is 0 Å². The molecule has 168 valence electrons. The molecule has 1 N–H and O–H groups in total. The molecule has 7 nitrogen and oxygen atoms in total. The number of ether oxygens (including phenoxy) is 3. The van der Waals surface area contributed by atoms with Crippen LogP contribution in [0.25, 0.3) is 0 Å². The highest BCUT2D eigenvalue weighted by molar-refractivity contribution is 5.78. The van der Waals surface area contributed by atoms with Gasteiger partial charge in [0.25, 0.3) is 0 Å². The first-order chi connectivity index (χ1) is 15.5. The molecule has 1 aliphatic rings. The quantitative estimate of drug-likeness (QED) is 0.574. The smallest absolute Gasteiger partial charge is 0.224 e. The van der Waals surface area contributed by atoms with Gasteiger partial charge in [-0.05, 0) is 55.7 Å². The number of rotatable bonds is 8. The summed E-state index contributed by atoms with van der Waals surface area (Å²) < 4.78 is 35.4. The summed E-state index contributed by atoms with van der Waals surface area (Å²) in [5.41, 5.74) is 4.04. The molecule has 8 heteroatoms. The van der Waals surface area contributed by atoms with Gasteiger partial charge in [0.05, 0.1) is 24.3 Å². The molecule has 1 amide bonds. The van der Waals surface area contributed by atoms with Crippen LogP contribution in [-0.2, 0) is 35.6 Å². The Bertz CT molecular complexity index is 1080. The Morgan fingerprint density at radius 3 is 2.78 bits per heavy atom. The Hall–Kier alpha value is -3.39. The zero-order chi connectivity index (χ0) is 22.5. The molecule has 0 fully saturated rings. The number of halogens is 1. The fourth-order valence-corrected chi connectivity index (χ4v) is 3.59. The Labute approximate surface area is 185 Å². The molecular weight excluding hydrogens is 415 g/mol. The van der Waals surface area contributed by atoms with Gasteiger partial charge < -0.3 is 24.1 Å². The molecule has 32 heavy (non-hydrogen) atoms. The molecule has 4 rings (SSSR count). The van der Waals surface area contributed by atoms with E-state index in [0.717, 1.165) is 28.1 Å². The topological polar surface area (TPSA) is 82.8 Å². The summed E-state index contributed by atoms with van der Waals surface area (Å²) in [6, 6.07) is 10.2. The van der Waals surface area contributed by atoms with E-state index in [2.05, 4.69) is 10.5 Å². The van der Waals surface area contributed by atoms with Crippen LogP contribution in [0.2, 0.25) is 0 Å². The van der Waals surface area contributed by atoms with Crippen LogP contribution < -0.4 is 14.8 Å². The van der Waals surface area contributed by atoms with E-state index in [4.69, 9.17) is 18.7 Å². The normalized spacial score (nSPS) is 12.7. The maximum atomic E-state index is 13.8. The number of hydrogen-bond donors (Lipinski definition) is 1. The molecule has 2 aromatic carbocycles. The molecule has 0 atom stereocenters. The van der Waals surface area contributed by atoms with Crippen LogP contribution in [0.15, 0.2) is 40.9 Å². The minimum Gasteiger partial charge on any atom is -0.489 e. The third kappa shape index (κ3) is 5.26. The first-order valence-corrected chi connectivity index (χ1v) is 10.4. The largest absolute Gasteiger partial charge is 0.489 e. The third-order valence-electron chi connectivity index (χ3n) is 5.32. The fourth-order valence-electron chi connectivity index (χ4n) is 3.59. The first kappa shape index (κ1) is 21.8. The summed E-state index contributed by atoms with van der Waals surface area (Å²) >= 11 is 0. The Kier molecular flexibility index (Phi) is 6.70. The molecule has 0 spiro atoms. The zero-order valence-electron chi connectivity index (χ0n) is 18.1. The van der Waals surface area contributed by atoms with Gasteiger partial charge in [-0.1, -0.05) is 17.3 Å². The maximum absolute atomic E-state index is 13.8. The standard InChI is InChI=1S/C24H25FN2O5/c1-15-22(16(2)32-27-15)13-30-21-5-3-17(4-6-21)9-23(28)26-8-7-18-10-20(25)11-19-12-29-14-31-24(18)19/h3-6,10-11H,7-9,12-14H2,1-2H3,(H,26,28). The summed E-state index contributed by atoms with van der Waals surface area (Å²) in [6.07, 6.45) is 0.718. The average molecular weight is 440 g/mol. The van der Waals surface area contributed by atoms with Gasteiger partial charge in [0.1, 0.15) is 29.7 Å². The molecule has 0 saturated heterocycles. The number of carbonyl (C=O) groups is 1. The number of aryl methyl sites for hydroxylation is 2. The Morgan fingerprint density at radius 1 is 1.22 bits per heavy atom. The molecule has 0 saturated carbocycles. The lowest BCUT2D eigenvalue weighted by atomic mass is 10.1. The van der Waals surface area contributed by atoms with Gasteiger partial charge >= 0.3 is 0 Å². The SMILES string of the molecule is Cc1noc(C)c1COc1ccc(CC(=O)NCCc2cc(F)cc3c2OCOC3)cc1. The fraction of sp³-hybridized carbons (Fsp3) is 0.333. The highest BCUT2D eigenvalue weighted by Crippen LogP contribution is 2.29. The van der Waals surface area contributed by atoms with E-state index in [1.54, 1.807) is 0 Å². The number of benzene rings is 2. The van der Waals surface area contributed by atoms with Gasteiger partial charge in [-0.25, -0.2) is 4.39 Å². The maximum Gasteiger partial charge on any atom is 0.224 e. The van der Waals surface area contributed by atoms with Gasteiger partial charge in [0, 0.05) is 12.1 Å². The van der Waals surface area contributed by atoms with Crippen LogP contribution >= 0.6 is 0 Å². The van der Waals surface area contributed by atoms with Crippen molar-refractivity contribution >= 4 is 5.91 Å². The van der Waals surface area contributed by atoms with Crippen LogP contribution in [0.5, 0.6) is 11.5 Å². The molecular formula is C24H25FN2O5. The molecule has 0 bridgehead atoms. The van der Waals surface area contributed by atoms with Gasteiger partial charge in [-0.2, -0.15) is 0 Å².